The van der Waals surface area contributed by atoms with E-state index in [0.29, 0.717) is 17.9 Å². The number of nitrogens with zero attached hydrogens (tertiary/aromatic N) is 2. The molecule has 0 saturated carbocycles. The van der Waals surface area contributed by atoms with E-state index in [1.165, 1.54) is 24.1 Å². The molecule has 5 heteroatoms. The highest BCUT2D eigenvalue weighted by Gasteiger charge is 2.39. The second-order valence-electron chi connectivity index (χ2n) is 6.23. The number of carbonyl (C=O) groups excluding carboxylic acids is 1. The van der Waals surface area contributed by atoms with Gasteiger partial charge in [0.1, 0.15) is 0 Å². The van der Waals surface area contributed by atoms with Gasteiger partial charge in [-0.25, -0.2) is 0 Å². The quantitative estimate of drug-likeness (QED) is 0.788. The minimum absolute atomic E-state index is 0.581. The van der Waals surface area contributed by atoms with Crippen LogP contribution in [0.3, 0.4) is 0 Å². The summed E-state index contributed by atoms with van der Waals surface area (Å²) in [6.45, 7) is 5.33. The van der Waals surface area contributed by atoms with Crippen LogP contribution in [-0.4, -0.2) is 47.2 Å². The summed E-state index contributed by atoms with van der Waals surface area (Å²) in [4.78, 5) is 13.2. The van der Waals surface area contributed by atoms with Crippen LogP contribution in [0.15, 0.2) is 6.20 Å². The minimum atomic E-state index is 0.581. The average molecular weight is 276 g/mol. The minimum Gasteiger partial charge on any atom is -0.358 e. The van der Waals surface area contributed by atoms with E-state index < -0.39 is 0 Å². The van der Waals surface area contributed by atoms with Crippen molar-refractivity contribution in [2.24, 2.45) is 11.8 Å². The molecule has 0 bridgehead atoms. The van der Waals surface area contributed by atoms with Gasteiger partial charge in [0.2, 0.25) is 6.41 Å². The third-order valence-corrected chi connectivity index (χ3v) is 4.85. The largest absolute Gasteiger partial charge is 0.358 e. The monoisotopic (exact) mass is 276 g/mol. The van der Waals surface area contributed by atoms with Crippen LogP contribution < -0.4 is 5.32 Å². The number of carbonyl (C=O) groups is 1. The summed E-state index contributed by atoms with van der Waals surface area (Å²) in [5, 5.41) is 10.2. The highest BCUT2D eigenvalue weighted by Crippen LogP contribution is 2.36. The third-order valence-electron chi connectivity index (χ3n) is 4.85. The van der Waals surface area contributed by atoms with Crippen molar-refractivity contribution in [3.05, 3.63) is 17.5 Å². The van der Waals surface area contributed by atoms with Gasteiger partial charge in [0.25, 0.3) is 0 Å². The first kappa shape index (κ1) is 13.6. The number of fused-ring (bicyclic) bond motifs is 2. The Balaban J connectivity index is 1.75. The Hall–Kier alpha value is -1.36. The fraction of sp³-hybridized carbons (Fsp3) is 0.733. The van der Waals surface area contributed by atoms with E-state index in [2.05, 4.69) is 27.3 Å². The third kappa shape index (κ3) is 2.59. The van der Waals surface area contributed by atoms with Crippen molar-refractivity contribution in [3.8, 4) is 0 Å². The fourth-order valence-corrected chi connectivity index (χ4v) is 4.03. The molecule has 2 N–H and O–H groups in total. The molecule has 0 radical (unpaired) electrons. The van der Waals surface area contributed by atoms with E-state index in [1.807, 2.05) is 6.20 Å². The molecule has 0 aromatic carbocycles. The van der Waals surface area contributed by atoms with Crippen molar-refractivity contribution in [1.29, 1.82) is 0 Å². The zero-order valence-corrected chi connectivity index (χ0v) is 12.1. The highest BCUT2D eigenvalue weighted by atomic mass is 16.1. The van der Waals surface area contributed by atoms with Gasteiger partial charge in [0, 0.05) is 24.8 Å². The summed E-state index contributed by atoms with van der Waals surface area (Å²) in [6.07, 6.45) is 7.46. The van der Waals surface area contributed by atoms with Crippen molar-refractivity contribution in [3.63, 3.8) is 0 Å². The lowest BCUT2D eigenvalue weighted by molar-refractivity contribution is -0.109. The number of H-pyrrole nitrogens is 1. The summed E-state index contributed by atoms with van der Waals surface area (Å²) in [5.74, 6) is 1.28. The van der Waals surface area contributed by atoms with Gasteiger partial charge in [-0.15, -0.1) is 0 Å². The Morgan fingerprint density at radius 1 is 1.55 bits per heavy atom. The van der Waals surface area contributed by atoms with Crippen molar-refractivity contribution in [1.82, 2.24) is 20.4 Å². The van der Waals surface area contributed by atoms with Crippen LogP contribution in [0, 0.1) is 11.8 Å². The average Bonchev–Trinajstić information content (AvgIpc) is 2.90. The van der Waals surface area contributed by atoms with Crippen LogP contribution in [0.25, 0.3) is 0 Å². The molecular weight excluding hydrogens is 252 g/mol. The van der Waals surface area contributed by atoms with Crippen molar-refractivity contribution in [2.75, 3.05) is 19.6 Å². The summed E-state index contributed by atoms with van der Waals surface area (Å²) < 4.78 is 0. The Labute approximate surface area is 120 Å². The van der Waals surface area contributed by atoms with Gasteiger partial charge in [-0.2, -0.15) is 5.10 Å². The molecule has 1 unspecified atom stereocenters. The number of nitrogens with one attached hydrogen (secondary N) is 2. The zero-order chi connectivity index (χ0) is 13.9. The van der Waals surface area contributed by atoms with Gasteiger partial charge >= 0.3 is 0 Å². The van der Waals surface area contributed by atoms with E-state index in [9.17, 15) is 4.79 Å². The molecule has 3 atom stereocenters. The lowest BCUT2D eigenvalue weighted by Crippen LogP contribution is -2.53. The standard InChI is InChI=1S/C15H24N4O/c1-2-3-19-9-11(7-16-10-20)4-12-5-14-13(6-15(12)19)8-17-18-14/h8,10-12,15H,2-7,9H2,1H3,(H,16,20)(H,17,18)/t11-,12+,15?/m0/s1. The van der Waals surface area contributed by atoms with Gasteiger partial charge in [-0.05, 0) is 49.6 Å². The van der Waals surface area contributed by atoms with Crippen LogP contribution >= 0.6 is 0 Å². The van der Waals surface area contributed by atoms with E-state index in [0.717, 1.165) is 38.9 Å². The van der Waals surface area contributed by atoms with Gasteiger partial charge in [0.15, 0.2) is 0 Å². The van der Waals surface area contributed by atoms with Crippen LogP contribution in [0.4, 0.5) is 0 Å². The number of hydrogen-bond donors (Lipinski definition) is 2. The first-order valence-electron chi connectivity index (χ1n) is 7.74. The second kappa shape index (κ2) is 5.95. The molecule has 1 aromatic rings. The molecule has 5 nitrogen and oxygen atoms in total. The number of likely N-dealkylation sites (tertiary alicyclic amines) is 1. The Kier molecular flexibility index (Phi) is 4.05. The van der Waals surface area contributed by atoms with Gasteiger partial charge in [0.05, 0.1) is 6.20 Å². The molecule has 2 aliphatic rings. The van der Waals surface area contributed by atoms with E-state index >= 15 is 0 Å². The number of aromatic amines is 1. The van der Waals surface area contributed by atoms with E-state index in [-0.39, 0.29) is 0 Å². The van der Waals surface area contributed by atoms with Gasteiger partial charge in [-0.3, -0.25) is 14.8 Å². The van der Waals surface area contributed by atoms with Crippen LogP contribution in [0.5, 0.6) is 0 Å². The van der Waals surface area contributed by atoms with Gasteiger partial charge < -0.3 is 5.32 Å². The molecule has 1 fully saturated rings. The smallest absolute Gasteiger partial charge is 0.207 e. The summed E-state index contributed by atoms with van der Waals surface area (Å²) in [5.41, 5.74) is 2.73. The predicted molar refractivity (Wildman–Crippen MR) is 77.3 cm³/mol. The number of piperidine rings is 1. The number of hydrogen-bond acceptors (Lipinski definition) is 3. The summed E-state index contributed by atoms with van der Waals surface area (Å²) >= 11 is 0. The molecule has 0 spiro atoms. The Morgan fingerprint density at radius 3 is 3.25 bits per heavy atom. The van der Waals surface area contributed by atoms with E-state index in [1.54, 1.807) is 0 Å². The topological polar surface area (TPSA) is 61.0 Å². The molecule has 3 rings (SSSR count). The lowest BCUT2D eigenvalue weighted by atomic mass is 9.74. The highest BCUT2D eigenvalue weighted by molar-refractivity contribution is 5.45. The van der Waals surface area contributed by atoms with Crippen molar-refractivity contribution in [2.45, 2.75) is 38.6 Å². The van der Waals surface area contributed by atoms with Crippen LogP contribution in [0.2, 0.25) is 0 Å². The molecule has 1 saturated heterocycles. The zero-order valence-electron chi connectivity index (χ0n) is 12.1. The maximum atomic E-state index is 10.5. The number of rotatable bonds is 5. The molecule has 1 aliphatic carbocycles. The van der Waals surface area contributed by atoms with Crippen molar-refractivity contribution < 1.29 is 4.79 Å². The van der Waals surface area contributed by atoms with Crippen LogP contribution in [0.1, 0.15) is 31.0 Å². The first-order chi connectivity index (χ1) is 9.81. The maximum Gasteiger partial charge on any atom is 0.207 e. The summed E-state index contributed by atoms with van der Waals surface area (Å²) in [6, 6.07) is 0.660. The van der Waals surface area contributed by atoms with Gasteiger partial charge in [-0.1, -0.05) is 6.92 Å². The number of aromatic nitrogens is 2. The lowest BCUT2D eigenvalue weighted by Gasteiger charge is -2.47. The molecule has 1 amide bonds. The Morgan fingerprint density at radius 2 is 2.45 bits per heavy atom. The number of amides is 1. The Bertz CT molecular complexity index is 458. The maximum absolute atomic E-state index is 10.5. The van der Waals surface area contributed by atoms with E-state index in [4.69, 9.17) is 0 Å². The summed E-state index contributed by atoms with van der Waals surface area (Å²) in [7, 11) is 0. The fourth-order valence-electron chi connectivity index (χ4n) is 4.03. The van der Waals surface area contributed by atoms with Crippen molar-refractivity contribution >= 4 is 6.41 Å². The predicted octanol–water partition coefficient (Wildman–Crippen LogP) is 0.971. The first-order valence-corrected chi connectivity index (χ1v) is 7.74. The normalized spacial score (nSPS) is 29.6. The molecule has 1 aliphatic heterocycles. The SMILES string of the molecule is CCCN1C[C@H](CNC=O)C[C@@H]2Cc3[nH]ncc3CC21. The molecule has 1 aromatic heterocycles. The second-order valence-corrected chi connectivity index (χ2v) is 6.23. The van der Waals surface area contributed by atoms with Crippen LogP contribution in [-0.2, 0) is 17.6 Å². The molecule has 20 heavy (non-hydrogen) atoms. The molecule has 110 valence electrons. The molecule has 2 heterocycles. The molecular formula is C15H24N4O.